The highest BCUT2D eigenvalue weighted by Crippen LogP contribution is 2.36. The van der Waals surface area contributed by atoms with Gasteiger partial charge in [0.05, 0.1) is 12.3 Å². The molecule has 1 aliphatic heterocycles. The Kier molecular flexibility index (Phi) is 8.28. The minimum Gasteiger partial charge on any atom is -0.490 e. The number of nitrogens with one attached hydrogen (secondary N) is 1. The summed E-state index contributed by atoms with van der Waals surface area (Å²) < 4.78 is 12.1. The van der Waals surface area contributed by atoms with E-state index >= 15 is 0 Å². The first-order chi connectivity index (χ1) is 18.3. The van der Waals surface area contributed by atoms with E-state index in [0.717, 1.165) is 21.6 Å². The highest BCUT2D eigenvalue weighted by molar-refractivity contribution is 6.39. The van der Waals surface area contributed by atoms with E-state index in [-0.39, 0.29) is 11.3 Å². The number of rotatable bonds is 9. The molecule has 1 heterocycles. The van der Waals surface area contributed by atoms with Crippen molar-refractivity contribution in [2.45, 2.75) is 26.9 Å². The molecule has 0 bridgehead atoms. The number of hydrogen-bond donors (Lipinski definition) is 1. The predicted molar refractivity (Wildman–Crippen MR) is 147 cm³/mol. The molecule has 0 atom stereocenters. The highest BCUT2D eigenvalue weighted by atomic mass is 35.5. The van der Waals surface area contributed by atoms with Gasteiger partial charge in [-0.1, -0.05) is 47.5 Å². The number of anilines is 1. The molecule has 7 nitrogen and oxygen atoms in total. The lowest BCUT2D eigenvalue weighted by molar-refractivity contribution is -0.122. The molecule has 0 aromatic heterocycles. The number of aryl methyl sites for hydroxylation is 1. The average Bonchev–Trinajstić information content (AvgIpc) is 2.88. The second-order valence-electron chi connectivity index (χ2n) is 8.64. The van der Waals surface area contributed by atoms with Gasteiger partial charge in [0.1, 0.15) is 12.2 Å². The third-order valence-corrected chi connectivity index (χ3v) is 6.07. The topological polar surface area (TPSA) is 84.9 Å². The number of ether oxygens (including phenoxy) is 2. The third-order valence-electron chi connectivity index (χ3n) is 5.82. The van der Waals surface area contributed by atoms with Crippen LogP contribution < -0.4 is 19.7 Å². The van der Waals surface area contributed by atoms with Gasteiger partial charge in [-0.2, -0.15) is 0 Å². The number of urea groups is 1. The van der Waals surface area contributed by atoms with Crippen LogP contribution in [0.1, 0.15) is 29.2 Å². The summed E-state index contributed by atoms with van der Waals surface area (Å²) in [5.74, 6) is -0.496. The molecule has 0 unspecified atom stereocenters. The average molecular weight is 531 g/mol. The molecular weight excluding hydrogens is 504 g/mol. The quantitative estimate of drug-likeness (QED) is 0.208. The Morgan fingerprint density at radius 3 is 2.37 bits per heavy atom. The van der Waals surface area contributed by atoms with Gasteiger partial charge in [-0.15, -0.1) is 6.58 Å². The number of imide groups is 2. The minimum atomic E-state index is -0.832. The van der Waals surface area contributed by atoms with Gasteiger partial charge in [0.2, 0.25) is 0 Å². The minimum absolute atomic E-state index is 0.195. The maximum Gasteiger partial charge on any atom is 0.335 e. The lowest BCUT2D eigenvalue weighted by atomic mass is 10.0. The van der Waals surface area contributed by atoms with Crippen molar-refractivity contribution >= 4 is 41.2 Å². The van der Waals surface area contributed by atoms with Crippen molar-refractivity contribution in [2.75, 3.05) is 11.5 Å². The van der Waals surface area contributed by atoms with E-state index in [1.165, 1.54) is 18.2 Å². The fraction of sp³-hybridized carbons (Fsp3) is 0.167. The maximum atomic E-state index is 13.3. The molecule has 3 aromatic carbocycles. The zero-order valence-corrected chi connectivity index (χ0v) is 21.9. The molecule has 4 amide bonds. The Labute approximate surface area is 226 Å². The highest BCUT2D eigenvalue weighted by Gasteiger charge is 2.36. The molecule has 0 saturated carbocycles. The molecule has 0 aliphatic carbocycles. The van der Waals surface area contributed by atoms with E-state index in [2.05, 4.69) is 11.9 Å². The Hall–Kier alpha value is -4.36. The van der Waals surface area contributed by atoms with E-state index in [4.69, 9.17) is 21.1 Å². The smallest absolute Gasteiger partial charge is 0.335 e. The molecule has 38 heavy (non-hydrogen) atoms. The van der Waals surface area contributed by atoms with Crippen LogP contribution in [-0.2, 0) is 22.6 Å². The second kappa shape index (κ2) is 11.8. The molecule has 3 aromatic rings. The standard InChI is InChI=1S/C30H27ClN2O5/c1-4-6-22-15-21(17-26(37-5-2)27(22)38-18-20-9-7-19(3)8-10-20)16-25-28(34)32-30(36)33(29(25)35)24-13-11-23(31)12-14-24/h4,7-17H,1,5-6,18H2,2-3H3,(H,32,34,36)/b25-16+. The van der Waals surface area contributed by atoms with Gasteiger partial charge in [0.25, 0.3) is 11.8 Å². The molecule has 194 valence electrons. The fourth-order valence-corrected chi connectivity index (χ4v) is 4.12. The van der Waals surface area contributed by atoms with E-state index < -0.39 is 17.8 Å². The summed E-state index contributed by atoms with van der Waals surface area (Å²) in [7, 11) is 0. The predicted octanol–water partition coefficient (Wildman–Crippen LogP) is 6.02. The van der Waals surface area contributed by atoms with E-state index in [1.807, 2.05) is 44.2 Å². The first-order valence-electron chi connectivity index (χ1n) is 12.1. The number of halogens is 1. The van der Waals surface area contributed by atoms with Crippen molar-refractivity contribution in [3.63, 3.8) is 0 Å². The molecule has 1 N–H and O–H groups in total. The third kappa shape index (κ3) is 5.95. The number of barbiturate groups is 1. The van der Waals surface area contributed by atoms with Crippen LogP contribution in [0, 0.1) is 6.92 Å². The van der Waals surface area contributed by atoms with Crippen LogP contribution in [-0.4, -0.2) is 24.5 Å². The first-order valence-corrected chi connectivity index (χ1v) is 12.4. The zero-order valence-electron chi connectivity index (χ0n) is 21.1. The largest absolute Gasteiger partial charge is 0.490 e. The first kappa shape index (κ1) is 26.7. The van der Waals surface area contributed by atoms with Crippen LogP contribution in [0.5, 0.6) is 11.5 Å². The normalized spacial score (nSPS) is 14.4. The van der Waals surface area contributed by atoms with Crippen molar-refractivity contribution < 1.29 is 23.9 Å². The van der Waals surface area contributed by atoms with Gasteiger partial charge in [0.15, 0.2) is 11.5 Å². The summed E-state index contributed by atoms with van der Waals surface area (Å²) in [5, 5.41) is 2.68. The summed E-state index contributed by atoms with van der Waals surface area (Å²) in [5.41, 5.74) is 3.57. The molecule has 4 rings (SSSR count). The van der Waals surface area contributed by atoms with Crippen molar-refractivity contribution in [1.82, 2.24) is 5.32 Å². The summed E-state index contributed by atoms with van der Waals surface area (Å²) in [6, 6.07) is 16.9. The molecule has 0 radical (unpaired) electrons. The number of amides is 4. The van der Waals surface area contributed by atoms with E-state index in [0.29, 0.717) is 41.7 Å². The van der Waals surface area contributed by atoms with Crippen molar-refractivity contribution in [3.05, 3.63) is 106 Å². The lowest BCUT2D eigenvalue weighted by Crippen LogP contribution is -2.54. The summed E-state index contributed by atoms with van der Waals surface area (Å²) >= 11 is 5.94. The Morgan fingerprint density at radius 2 is 1.71 bits per heavy atom. The summed E-state index contributed by atoms with van der Waals surface area (Å²) in [6.45, 7) is 8.44. The number of benzene rings is 3. The van der Waals surface area contributed by atoms with Crippen LogP contribution in [0.4, 0.5) is 10.5 Å². The van der Waals surface area contributed by atoms with E-state index in [1.54, 1.807) is 24.3 Å². The number of carbonyl (C=O) groups is 3. The molecule has 1 fully saturated rings. The summed E-state index contributed by atoms with van der Waals surface area (Å²) in [4.78, 5) is 39.4. The number of nitrogens with zero attached hydrogens (tertiary/aromatic N) is 1. The number of hydrogen-bond acceptors (Lipinski definition) is 5. The lowest BCUT2D eigenvalue weighted by Gasteiger charge is -2.26. The van der Waals surface area contributed by atoms with Crippen LogP contribution in [0.3, 0.4) is 0 Å². The fourth-order valence-electron chi connectivity index (χ4n) is 3.99. The van der Waals surface area contributed by atoms with Gasteiger partial charge in [-0.25, -0.2) is 9.69 Å². The monoisotopic (exact) mass is 530 g/mol. The molecule has 0 spiro atoms. The van der Waals surface area contributed by atoms with Crippen LogP contribution in [0.15, 0.2) is 78.9 Å². The van der Waals surface area contributed by atoms with Gasteiger partial charge in [-0.3, -0.25) is 14.9 Å². The van der Waals surface area contributed by atoms with Crippen LogP contribution in [0.25, 0.3) is 6.08 Å². The van der Waals surface area contributed by atoms with Crippen molar-refractivity contribution in [2.24, 2.45) is 0 Å². The van der Waals surface area contributed by atoms with Crippen molar-refractivity contribution in [3.8, 4) is 11.5 Å². The van der Waals surface area contributed by atoms with Gasteiger partial charge >= 0.3 is 6.03 Å². The Bertz CT molecular complexity index is 1410. The van der Waals surface area contributed by atoms with Gasteiger partial charge in [0, 0.05) is 10.6 Å². The molecule has 1 saturated heterocycles. The molecule has 8 heteroatoms. The molecular formula is C30H27ClN2O5. The maximum absolute atomic E-state index is 13.3. The van der Waals surface area contributed by atoms with Gasteiger partial charge in [-0.05, 0) is 73.9 Å². The van der Waals surface area contributed by atoms with Crippen LogP contribution >= 0.6 is 11.6 Å². The van der Waals surface area contributed by atoms with Crippen LogP contribution in [0.2, 0.25) is 5.02 Å². The van der Waals surface area contributed by atoms with E-state index in [9.17, 15) is 14.4 Å². The Morgan fingerprint density at radius 1 is 1.00 bits per heavy atom. The van der Waals surface area contributed by atoms with Gasteiger partial charge < -0.3 is 9.47 Å². The second-order valence-corrected chi connectivity index (χ2v) is 9.08. The SMILES string of the molecule is C=CCc1cc(/C=C2\C(=O)NC(=O)N(c3ccc(Cl)cc3)C2=O)cc(OCC)c1OCc1ccc(C)cc1. The number of allylic oxidation sites excluding steroid dienone is 1. The molecule has 1 aliphatic rings. The zero-order chi connectivity index (χ0) is 27.2. The summed E-state index contributed by atoms with van der Waals surface area (Å²) in [6.07, 6.45) is 3.64. The van der Waals surface area contributed by atoms with Crippen molar-refractivity contribution in [1.29, 1.82) is 0 Å². The Balaban J connectivity index is 1.71. The number of carbonyl (C=O) groups excluding carboxylic acids is 3.